The van der Waals surface area contributed by atoms with Crippen molar-refractivity contribution in [2.45, 2.75) is 44.3 Å². The third kappa shape index (κ3) is 7.56. The predicted octanol–water partition coefficient (Wildman–Crippen LogP) is 6.28. The third-order valence-electron chi connectivity index (χ3n) is 8.67. The summed E-state index contributed by atoms with van der Waals surface area (Å²) in [6, 6.07) is 18.1. The fourth-order valence-corrected chi connectivity index (χ4v) is 6.79. The lowest BCUT2D eigenvalue weighted by atomic mass is 9.74. The first-order valence-electron chi connectivity index (χ1n) is 16.1. The van der Waals surface area contributed by atoms with E-state index in [0.717, 1.165) is 30.4 Å². The van der Waals surface area contributed by atoms with Gasteiger partial charge in [-0.2, -0.15) is 4.36 Å². The van der Waals surface area contributed by atoms with Crippen LogP contribution in [0, 0.1) is 12.7 Å². The first-order chi connectivity index (χ1) is 23.5. The van der Waals surface area contributed by atoms with Gasteiger partial charge in [-0.3, -0.25) is 9.78 Å². The Morgan fingerprint density at radius 3 is 2.59 bits per heavy atom. The van der Waals surface area contributed by atoms with Gasteiger partial charge in [0.25, 0.3) is 11.5 Å². The molecule has 3 aromatic heterocycles. The molecule has 0 aliphatic carbocycles. The fourth-order valence-electron chi connectivity index (χ4n) is 6.31. The number of pyridine rings is 2. The van der Waals surface area contributed by atoms with E-state index in [1.54, 1.807) is 37.0 Å². The minimum Gasteiger partial charge on any atom is -0.494 e. The van der Waals surface area contributed by atoms with Crippen LogP contribution in [0.4, 0.5) is 10.3 Å². The number of fused-ring (bicyclic) bond motifs is 1. The highest BCUT2D eigenvalue weighted by atomic mass is 32.2. The number of methoxy groups -OCH3 is 1. The number of aromatic nitrogens is 4. The van der Waals surface area contributed by atoms with Crippen molar-refractivity contribution in [3.05, 3.63) is 112 Å². The van der Waals surface area contributed by atoms with Crippen LogP contribution in [-0.4, -0.2) is 62.9 Å². The van der Waals surface area contributed by atoms with Crippen molar-refractivity contribution in [3.8, 4) is 16.9 Å². The largest absolute Gasteiger partial charge is 0.494 e. The van der Waals surface area contributed by atoms with Gasteiger partial charge in [-0.15, -0.1) is 0 Å². The van der Waals surface area contributed by atoms with Gasteiger partial charge in [0.15, 0.2) is 17.9 Å². The van der Waals surface area contributed by atoms with E-state index in [0.29, 0.717) is 40.0 Å². The molecule has 2 atom stereocenters. The van der Waals surface area contributed by atoms with Gasteiger partial charge in [0.2, 0.25) is 0 Å². The van der Waals surface area contributed by atoms with E-state index in [9.17, 15) is 9.00 Å². The molecule has 256 valence electrons. The van der Waals surface area contributed by atoms with Gasteiger partial charge in [0.1, 0.15) is 0 Å². The highest BCUT2D eigenvalue weighted by Crippen LogP contribution is 2.41. The molecule has 0 bridgehead atoms. The summed E-state index contributed by atoms with van der Waals surface area (Å²) in [6.45, 7) is 2.45. The maximum absolute atomic E-state index is 15.3. The molecule has 2 unspecified atom stereocenters. The molecule has 0 amide bonds. The lowest BCUT2D eigenvalue weighted by Crippen LogP contribution is -2.40. The number of halogens is 1. The van der Waals surface area contributed by atoms with Gasteiger partial charge in [-0.1, -0.05) is 18.2 Å². The topological polar surface area (TPSA) is 118 Å². The maximum atomic E-state index is 15.3. The van der Waals surface area contributed by atoms with E-state index in [1.807, 2.05) is 48.5 Å². The lowest BCUT2D eigenvalue weighted by Gasteiger charge is -2.36. The number of nitrogens with zero attached hydrogens (tertiary/aromatic N) is 5. The molecule has 1 aliphatic heterocycles. The zero-order valence-electron chi connectivity index (χ0n) is 28.3. The van der Waals surface area contributed by atoms with Crippen molar-refractivity contribution in [3.63, 3.8) is 0 Å². The molecule has 1 fully saturated rings. The molecule has 0 saturated carbocycles. The van der Waals surface area contributed by atoms with Crippen LogP contribution in [-0.2, 0) is 38.1 Å². The molecule has 4 heterocycles. The van der Waals surface area contributed by atoms with Crippen molar-refractivity contribution in [2.24, 2.45) is 11.4 Å². The van der Waals surface area contributed by atoms with Crippen molar-refractivity contribution >= 4 is 26.6 Å². The second kappa shape index (κ2) is 14.1. The monoisotopic (exact) mass is 685 g/mol. The highest BCUT2D eigenvalue weighted by Gasteiger charge is 2.41. The van der Waals surface area contributed by atoms with Crippen LogP contribution < -0.4 is 10.3 Å². The Balaban J connectivity index is 1.67. The molecule has 0 spiro atoms. The standard InChI is InChI=1S/C37H40FN5O5S/c1-24-18-27(22-43(2)35(24)44)26-13-14-30-28(20-26)34(41-36(40-30)42-49(4,5)45)37(32-10-6-8-16-39-32,23-48-33-11-7-9-17-47-33)21-25-12-15-31(46-3)29(38)19-25/h6,8,10,12-16,18-20,22,33H,7,9,11,17,21,23H2,1-5H3. The second-order valence-electron chi connectivity index (χ2n) is 12.8. The van der Waals surface area contributed by atoms with Gasteiger partial charge < -0.3 is 18.8 Å². The van der Waals surface area contributed by atoms with E-state index in [2.05, 4.69) is 4.36 Å². The van der Waals surface area contributed by atoms with Crippen molar-refractivity contribution in [2.75, 3.05) is 32.8 Å². The van der Waals surface area contributed by atoms with Gasteiger partial charge in [0.05, 0.1) is 36.0 Å². The number of ether oxygens (including phenoxy) is 3. The van der Waals surface area contributed by atoms with E-state index in [-0.39, 0.29) is 30.3 Å². The summed E-state index contributed by atoms with van der Waals surface area (Å²) in [5.41, 5.74) is 3.43. The van der Waals surface area contributed by atoms with Gasteiger partial charge in [-0.05, 0) is 91.8 Å². The number of rotatable bonds is 10. The average molecular weight is 686 g/mol. The van der Waals surface area contributed by atoms with E-state index >= 15 is 4.39 Å². The van der Waals surface area contributed by atoms with Crippen LogP contribution in [0.15, 0.2) is 82.2 Å². The van der Waals surface area contributed by atoms with Crippen LogP contribution in [0.25, 0.3) is 22.0 Å². The molecule has 10 nitrogen and oxygen atoms in total. The quantitative estimate of drug-likeness (QED) is 0.169. The van der Waals surface area contributed by atoms with Gasteiger partial charge in [-0.25, -0.2) is 18.6 Å². The van der Waals surface area contributed by atoms with Crippen LogP contribution >= 0.6 is 0 Å². The molecule has 1 aliphatic rings. The Labute approximate surface area is 285 Å². The number of hydrogen-bond donors (Lipinski definition) is 0. The molecule has 2 aromatic carbocycles. The lowest BCUT2D eigenvalue weighted by molar-refractivity contribution is -0.169. The molecule has 1 saturated heterocycles. The molecule has 6 rings (SSSR count). The van der Waals surface area contributed by atoms with Crippen LogP contribution in [0.3, 0.4) is 0 Å². The Hall–Kier alpha value is -4.52. The smallest absolute Gasteiger partial charge is 0.258 e. The molecule has 49 heavy (non-hydrogen) atoms. The highest BCUT2D eigenvalue weighted by molar-refractivity contribution is 7.92. The summed E-state index contributed by atoms with van der Waals surface area (Å²) < 4.78 is 52.0. The molecule has 0 N–H and O–H groups in total. The van der Waals surface area contributed by atoms with Crippen LogP contribution in [0.1, 0.15) is 41.8 Å². The Bertz CT molecular complexity index is 2140. The maximum Gasteiger partial charge on any atom is 0.258 e. The Morgan fingerprint density at radius 1 is 1.08 bits per heavy atom. The first kappa shape index (κ1) is 34.3. The van der Waals surface area contributed by atoms with Crippen LogP contribution in [0.2, 0.25) is 0 Å². The van der Waals surface area contributed by atoms with E-state index in [1.165, 1.54) is 25.7 Å². The summed E-state index contributed by atoms with van der Waals surface area (Å²) in [7, 11) is 0.497. The summed E-state index contributed by atoms with van der Waals surface area (Å²) in [4.78, 5) is 27.2. The van der Waals surface area contributed by atoms with Crippen molar-refractivity contribution in [1.82, 2.24) is 19.5 Å². The molecular formula is C37H40FN5O5S. The zero-order chi connectivity index (χ0) is 34.8. The van der Waals surface area contributed by atoms with Crippen molar-refractivity contribution in [1.29, 1.82) is 0 Å². The SMILES string of the molecule is COc1ccc(CC(COC2CCCCO2)(c2ccccn2)c2nc(N=S(C)(C)=O)nc3ccc(-c4cc(C)c(=O)n(C)c4)cc23)cc1F. The first-order valence-corrected chi connectivity index (χ1v) is 18.4. The Kier molecular flexibility index (Phi) is 9.91. The number of benzene rings is 2. The average Bonchev–Trinajstić information content (AvgIpc) is 3.08. The van der Waals surface area contributed by atoms with E-state index in [4.69, 9.17) is 29.2 Å². The predicted molar refractivity (Wildman–Crippen MR) is 188 cm³/mol. The third-order valence-corrected chi connectivity index (χ3v) is 9.27. The van der Waals surface area contributed by atoms with Gasteiger partial charge >= 0.3 is 0 Å². The molecule has 12 heteroatoms. The summed E-state index contributed by atoms with van der Waals surface area (Å²) in [6.07, 6.45) is 8.98. The summed E-state index contributed by atoms with van der Waals surface area (Å²) >= 11 is 0. The normalized spacial score (nSPS) is 16.3. The number of aryl methyl sites for hydroxylation is 2. The van der Waals surface area contributed by atoms with Gasteiger partial charge in [0, 0.05) is 59.2 Å². The minimum absolute atomic E-state index is 0.0540. The summed E-state index contributed by atoms with van der Waals surface area (Å²) in [5.74, 6) is -0.317. The van der Waals surface area contributed by atoms with Crippen molar-refractivity contribution < 1.29 is 22.8 Å². The molecule has 0 radical (unpaired) electrons. The second-order valence-corrected chi connectivity index (χ2v) is 15.3. The fraction of sp³-hybridized carbons (Fsp3) is 0.351. The molecule has 5 aromatic rings. The van der Waals surface area contributed by atoms with E-state index < -0.39 is 27.3 Å². The Morgan fingerprint density at radius 2 is 1.92 bits per heavy atom. The minimum atomic E-state index is -2.65. The molecular weight excluding hydrogens is 646 g/mol. The number of hydrogen-bond acceptors (Lipinski definition) is 9. The summed E-state index contributed by atoms with van der Waals surface area (Å²) in [5, 5.41) is 0.675. The van der Waals surface area contributed by atoms with Crippen LogP contribution in [0.5, 0.6) is 5.75 Å². The zero-order valence-corrected chi connectivity index (χ0v) is 29.1.